The third-order valence-corrected chi connectivity index (χ3v) is 4.91. The van der Waals surface area contributed by atoms with Gasteiger partial charge in [-0.1, -0.05) is 60.7 Å². The van der Waals surface area contributed by atoms with E-state index in [0.29, 0.717) is 6.04 Å². The van der Waals surface area contributed by atoms with E-state index < -0.39 is 0 Å². The van der Waals surface area contributed by atoms with Gasteiger partial charge >= 0.3 is 0 Å². The second-order valence-corrected chi connectivity index (χ2v) is 7.10. The van der Waals surface area contributed by atoms with Crippen molar-refractivity contribution in [2.45, 2.75) is 38.3 Å². The third kappa shape index (κ3) is 4.21. The molecule has 0 amide bonds. The summed E-state index contributed by atoms with van der Waals surface area (Å²) in [6.07, 6.45) is 2.15. The fraction of sp³-hybridized carbons (Fsp3) is 0.429. The number of nitrogens with zero attached hydrogens (tertiary/aromatic N) is 1. The molecule has 23 heavy (non-hydrogen) atoms. The molecule has 0 saturated carbocycles. The van der Waals surface area contributed by atoms with Crippen LogP contribution in [-0.2, 0) is 12.8 Å². The minimum atomic E-state index is 0.116. The van der Waals surface area contributed by atoms with E-state index >= 15 is 0 Å². The molecule has 0 unspecified atom stereocenters. The van der Waals surface area contributed by atoms with Crippen molar-refractivity contribution < 1.29 is 0 Å². The Kier molecular flexibility index (Phi) is 5.14. The third-order valence-electron chi connectivity index (χ3n) is 4.91. The van der Waals surface area contributed by atoms with E-state index in [1.165, 1.54) is 11.1 Å². The highest BCUT2D eigenvalue weighted by atomic mass is 15.2. The van der Waals surface area contributed by atoms with Crippen LogP contribution in [0.3, 0.4) is 0 Å². The maximum Gasteiger partial charge on any atom is 0.0390 e. The maximum absolute atomic E-state index is 3.87. The van der Waals surface area contributed by atoms with E-state index in [4.69, 9.17) is 0 Å². The van der Waals surface area contributed by atoms with Crippen LogP contribution in [0.2, 0.25) is 0 Å². The zero-order valence-corrected chi connectivity index (χ0v) is 14.3. The highest BCUT2D eigenvalue weighted by Crippen LogP contribution is 2.24. The van der Waals surface area contributed by atoms with Gasteiger partial charge in [0.2, 0.25) is 0 Å². The Morgan fingerprint density at radius 3 is 1.91 bits per heavy atom. The standard InChI is InChI=1S/C21H28N2/c1-18(2)23-14-13-22-21(17-23,15-19-9-5-3-6-10-19)16-20-11-7-4-8-12-20/h3-12,18,22H,13-17H2,1-2H3. The molecule has 0 atom stereocenters. The molecule has 3 rings (SSSR count). The van der Waals surface area contributed by atoms with Crippen LogP contribution in [0.25, 0.3) is 0 Å². The molecule has 1 fully saturated rings. The number of benzene rings is 2. The van der Waals surface area contributed by atoms with Gasteiger partial charge in [-0.25, -0.2) is 0 Å². The molecular weight excluding hydrogens is 280 g/mol. The number of hydrogen-bond acceptors (Lipinski definition) is 2. The van der Waals surface area contributed by atoms with Crippen LogP contribution < -0.4 is 5.32 Å². The second-order valence-electron chi connectivity index (χ2n) is 7.10. The topological polar surface area (TPSA) is 15.3 Å². The average Bonchev–Trinajstić information content (AvgIpc) is 2.56. The van der Waals surface area contributed by atoms with Crippen molar-refractivity contribution >= 4 is 0 Å². The molecule has 0 aromatic heterocycles. The van der Waals surface area contributed by atoms with Crippen molar-refractivity contribution in [2.75, 3.05) is 19.6 Å². The van der Waals surface area contributed by atoms with Crippen molar-refractivity contribution in [3.63, 3.8) is 0 Å². The van der Waals surface area contributed by atoms with Gasteiger partial charge in [-0.2, -0.15) is 0 Å². The van der Waals surface area contributed by atoms with Gasteiger partial charge in [-0.05, 0) is 37.8 Å². The number of nitrogens with one attached hydrogen (secondary N) is 1. The first-order chi connectivity index (χ1) is 11.2. The molecule has 0 aliphatic carbocycles. The van der Waals surface area contributed by atoms with Crippen molar-refractivity contribution in [3.8, 4) is 0 Å². The molecule has 1 aliphatic rings. The van der Waals surface area contributed by atoms with Crippen LogP contribution in [0, 0.1) is 0 Å². The summed E-state index contributed by atoms with van der Waals surface area (Å²) < 4.78 is 0. The summed E-state index contributed by atoms with van der Waals surface area (Å²) in [4.78, 5) is 2.61. The summed E-state index contributed by atoms with van der Waals surface area (Å²) in [5, 5.41) is 3.87. The summed E-state index contributed by atoms with van der Waals surface area (Å²) in [5.41, 5.74) is 2.95. The molecule has 122 valence electrons. The molecule has 2 aromatic carbocycles. The first kappa shape index (κ1) is 16.2. The lowest BCUT2D eigenvalue weighted by Gasteiger charge is -2.46. The van der Waals surface area contributed by atoms with E-state index in [-0.39, 0.29) is 5.54 Å². The Morgan fingerprint density at radius 1 is 0.913 bits per heavy atom. The molecule has 0 bridgehead atoms. The lowest BCUT2D eigenvalue weighted by atomic mass is 9.82. The zero-order valence-electron chi connectivity index (χ0n) is 14.3. The first-order valence-electron chi connectivity index (χ1n) is 8.74. The molecule has 0 radical (unpaired) electrons. The fourth-order valence-corrected chi connectivity index (χ4v) is 3.70. The second kappa shape index (κ2) is 7.29. The Morgan fingerprint density at radius 2 is 1.43 bits per heavy atom. The molecule has 1 saturated heterocycles. The highest BCUT2D eigenvalue weighted by Gasteiger charge is 2.36. The van der Waals surface area contributed by atoms with Crippen LogP contribution in [0.4, 0.5) is 0 Å². The van der Waals surface area contributed by atoms with Gasteiger partial charge in [0, 0.05) is 31.2 Å². The fourth-order valence-electron chi connectivity index (χ4n) is 3.70. The molecular formula is C21H28N2. The molecule has 1 aliphatic heterocycles. The molecule has 0 spiro atoms. The average molecular weight is 308 g/mol. The van der Waals surface area contributed by atoms with Gasteiger partial charge in [0.15, 0.2) is 0 Å². The monoisotopic (exact) mass is 308 g/mol. The van der Waals surface area contributed by atoms with Crippen LogP contribution in [0.5, 0.6) is 0 Å². The van der Waals surface area contributed by atoms with Crippen molar-refractivity contribution in [1.29, 1.82) is 0 Å². The van der Waals surface area contributed by atoms with Gasteiger partial charge in [0.25, 0.3) is 0 Å². The first-order valence-corrected chi connectivity index (χ1v) is 8.74. The smallest absolute Gasteiger partial charge is 0.0390 e. The van der Waals surface area contributed by atoms with Crippen molar-refractivity contribution in [2.24, 2.45) is 0 Å². The van der Waals surface area contributed by atoms with Gasteiger partial charge in [0.05, 0.1) is 0 Å². The highest BCUT2D eigenvalue weighted by molar-refractivity contribution is 5.24. The Balaban J connectivity index is 1.85. The molecule has 2 nitrogen and oxygen atoms in total. The van der Waals surface area contributed by atoms with Crippen LogP contribution >= 0.6 is 0 Å². The predicted molar refractivity (Wildman–Crippen MR) is 97.7 cm³/mol. The van der Waals surface area contributed by atoms with Crippen LogP contribution in [-0.4, -0.2) is 36.1 Å². The largest absolute Gasteiger partial charge is 0.308 e. The van der Waals surface area contributed by atoms with Crippen molar-refractivity contribution in [3.05, 3.63) is 71.8 Å². The SMILES string of the molecule is CC(C)N1CCNC(Cc2ccccc2)(Cc2ccccc2)C1. The van der Waals surface area contributed by atoms with Crippen molar-refractivity contribution in [1.82, 2.24) is 10.2 Å². The number of piperazine rings is 1. The summed E-state index contributed by atoms with van der Waals surface area (Å²) >= 11 is 0. The summed E-state index contributed by atoms with van der Waals surface area (Å²) in [7, 11) is 0. The summed E-state index contributed by atoms with van der Waals surface area (Å²) in [6.45, 7) is 7.93. The number of hydrogen-bond donors (Lipinski definition) is 1. The number of rotatable bonds is 5. The minimum Gasteiger partial charge on any atom is -0.308 e. The van der Waals surface area contributed by atoms with Gasteiger partial charge in [0.1, 0.15) is 0 Å². The van der Waals surface area contributed by atoms with E-state index in [1.54, 1.807) is 0 Å². The minimum absolute atomic E-state index is 0.116. The Bertz CT molecular complexity index is 550. The van der Waals surface area contributed by atoms with Crippen LogP contribution in [0.1, 0.15) is 25.0 Å². The summed E-state index contributed by atoms with van der Waals surface area (Å²) in [5.74, 6) is 0. The maximum atomic E-state index is 3.87. The summed E-state index contributed by atoms with van der Waals surface area (Å²) in [6, 6.07) is 22.4. The molecule has 2 aromatic rings. The lowest BCUT2D eigenvalue weighted by Crippen LogP contribution is -2.63. The molecule has 2 heteroatoms. The zero-order chi connectivity index (χ0) is 16.1. The quantitative estimate of drug-likeness (QED) is 0.909. The lowest BCUT2D eigenvalue weighted by molar-refractivity contribution is 0.103. The van der Waals surface area contributed by atoms with E-state index in [0.717, 1.165) is 32.5 Å². The van der Waals surface area contributed by atoms with Gasteiger partial charge in [-0.15, -0.1) is 0 Å². The van der Waals surface area contributed by atoms with Crippen LogP contribution in [0.15, 0.2) is 60.7 Å². The molecule has 1 heterocycles. The predicted octanol–water partition coefficient (Wildman–Crippen LogP) is 3.52. The van der Waals surface area contributed by atoms with E-state index in [2.05, 4.69) is 84.7 Å². The van der Waals surface area contributed by atoms with E-state index in [1.807, 2.05) is 0 Å². The van der Waals surface area contributed by atoms with E-state index in [9.17, 15) is 0 Å². The van der Waals surface area contributed by atoms with Gasteiger partial charge in [-0.3, -0.25) is 4.90 Å². The molecule has 1 N–H and O–H groups in total. The normalized spacial score (nSPS) is 18.2. The Hall–Kier alpha value is -1.64. The Labute approximate surface area is 140 Å². The van der Waals surface area contributed by atoms with Gasteiger partial charge < -0.3 is 5.32 Å².